The lowest BCUT2D eigenvalue weighted by atomic mass is 9.81. The summed E-state index contributed by atoms with van der Waals surface area (Å²) >= 11 is 0. The summed E-state index contributed by atoms with van der Waals surface area (Å²) < 4.78 is 40.5. The van der Waals surface area contributed by atoms with Gasteiger partial charge in [0.2, 0.25) is 15.9 Å². The summed E-state index contributed by atoms with van der Waals surface area (Å²) in [6.07, 6.45) is 8.61. The third-order valence-electron chi connectivity index (χ3n) is 11.9. The molecule has 5 aliphatic rings. The highest BCUT2D eigenvalue weighted by molar-refractivity contribution is 7.90. The largest absolute Gasteiger partial charge is 0.497 e. The molecule has 2 aromatic carbocycles. The van der Waals surface area contributed by atoms with Crippen LogP contribution in [-0.2, 0) is 26.1 Å². The summed E-state index contributed by atoms with van der Waals surface area (Å²) in [5.74, 6) is 0.514. The van der Waals surface area contributed by atoms with E-state index in [2.05, 4.69) is 38.3 Å². The zero-order valence-corrected chi connectivity index (χ0v) is 30.5. The van der Waals surface area contributed by atoms with Gasteiger partial charge in [0.25, 0.3) is 5.91 Å². The Bertz CT molecular complexity index is 1890. The van der Waals surface area contributed by atoms with Crippen LogP contribution in [0.15, 0.2) is 36.4 Å². The molecule has 4 atom stereocenters. The molecule has 4 heterocycles. The highest BCUT2D eigenvalue weighted by Gasteiger charge is 2.65. The summed E-state index contributed by atoms with van der Waals surface area (Å²) in [6.45, 7) is 2.33. The first-order valence-electron chi connectivity index (χ1n) is 17.5. The molecule has 3 aromatic rings. The highest BCUT2D eigenvalue weighted by Crippen LogP contribution is 2.66. The molecular weight excluding hydrogens is 661 g/mol. The van der Waals surface area contributed by atoms with E-state index in [1.165, 1.54) is 37.5 Å². The second-order valence-corrected chi connectivity index (χ2v) is 16.7. The van der Waals surface area contributed by atoms with Gasteiger partial charge in [0.15, 0.2) is 0 Å². The summed E-state index contributed by atoms with van der Waals surface area (Å²) in [7, 11) is 1.41. The molecule has 2 saturated carbocycles. The standard InChI is InChI=1S/C37H46N4O6S.H2S/c1-39-20-25-10-11-26(21-39)41(25)36(43)37-19-31(37)30-18-27(47-3)12-14-28(30)34-33(23-7-5-4-6-8-23)29-13-9-24(17-32(29)40(34)22-37)35(42)38-48(44,45)16-15-46-2;/h9,12-14,17-18,23,25-26,31H,4-8,10-11,15-16,19-22H2,1-3H3,(H,38,42);1H2/t25?,26?,31-,37-;/m0./s1. The number of rotatable bonds is 8. The summed E-state index contributed by atoms with van der Waals surface area (Å²) in [5.41, 5.74) is 5.31. The molecule has 3 aliphatic heterocycles. The van der Waals surface area contributed by atoms with Crippen molar-refractivity contribution < 1.29 is 27.5 Å². The third-order valence-corrected chi connectivity index (χ3v) is 13.1. The molecule has 1 aromatic heterocycles. The van der Waals surface area contributed by atoms with Crippen molar-refractivity contribution in [3.63, 3.8) is 0 Å². The number of benzene rings is 2. The van der Waals surface area contributed by atoms with E-state index in [0.29, 0.717) is 12.5 Å². The van der Waals surface area contributed by atoms with Gasteiger partial charge in [-0.05, 0) is 86.5 Å². The fraction of sp³-hybridized carbons (Fsp3) is 0.568. The summed E-state index contributed by atoms with van der Waals surface area (Å²) in [5, 5.41) is 1.08. The van der Waals surface area contributed by atoms with Gasteiger partial charge in [-0.1, -0.05) is 25.3 Å². The second kappa shape index (κ2) is 12.9. The van der Waals surface area contributed by atoms with Crippen molar-refractivity contribution in [1.29, 1.82) is 0 Å². The van der Waals surface area contributed by atoms with E-state index in [0.717, 1.165) is 73.1 Å². The van der Waals surface area contributed by atoms with E-state index in [-0.39, 0.29) is 55.3 Å². The third kappa shape index (κ3) is 5.76. The van der Waals surface area contributed by atoms with Crippen LogP contribution < -0.4 is 9.46 Å². The first-order valence-corrected chi connectivity index (χ1v) is 19.2. The molecule has 12 heteroatoms. The van der Waals surface area contributed by atoms with E-state index in [9.17, 15) is 18.0 Å². The van der Waals surface area contributed by atoms with Gasteiger partial charge in [-0.3, -0.25) is 9.59 Å². The quantitative estimate of drug-likeness (QED) is 0.352. The molecule has 2 unspecified atom stereocenters. The van der Waals surface area contributed by atoms with Crippen molar-refractivity contribution in [2.75, 3.05) is 46.7 Å². The Morgan fingerprint density at radius 1 is 0.980 bits per heavy atom. The molecule has 10 nitrogen and oxygen atoms in total. The summed E-state index contributed by atoms with van der Waals surface area (Å²) in [4.78, 5) is 33.0. The van der Waals surface area contributed by atoms with Crippen LogP contribution in [0.25, 0.3) is 22.2 Å². The predicted octanol–water partition coefficient (Wildman–Crippen LogP) is 4.98. The number of nitrogens with one attached hydrogen (secondary N) is 1. The van der Waals surface area contributed by atoms with Gasteiger partial charge in [-0.25, -0.2) is 13.1 Å². The minimum Gasteiger partial charge on any atom is -0.497 e. The van der Waals surface area contributed by atoms with Crippen molar-refractivity contribution in [2.24, 2.45) is 5.41 Å². The van der Waals surface area contributed by atoms with Crippen molar-refractivity contribution >= 4 is 46.2 Å². The van der Waals surface area contributed by atoms with Crippen LogP contribution in [0.3, 0.4) is 0 Å². The number of hydrogen-bond donors (Lipinski definition) is 1. The van der Waals surface area contributed by atoms with Crippen LogP contribution in [0.2, 0.25) is 0 Å². The molecule has 8 rings (SSSR count). The maximum Gasteiger partial charge on any atom is 0.264 e. The Morgan fingerprint density at radius 3 is 2.41 bits per heavy atom. The molecular formula is C37H48N4O6S2. The number of carbonyl (C=O) groups excluding carboxylic acids is 2. The van der Waals surface area contributed by atoms with E-state index in [1.54, 1.807) is 13.2 Å². The predicted molar refractivity (Wildman–Crippen MR) is 194 cm³/mol. The van der Waals surface area contributed by atoms with E-state index in [4.69, 9.17) is 9.47 Å². The number of amides is 2. The number of likely N-dealkylation sites (N-methyl/N-ethyl adjacent to an activating group) is 1. The van der Waals surface area contributed by atoms with Gasteiger partial charge in [0, 0.05) is 66.8 Å². The first kappa shape index (κ1) is 34.4. The number of sulfonamides is 1. The average Bonchev–Trinajstić information content (AvgIpc) is 3.67. The lowest BCUT2D eigenvalue weighted by Crippen LogP contribution is -2.57. The fourth-order valence-electron chi connectivity index (χ4n) is 9.57. The number of carbonyl (C=O) groups is 2. The van der Waals surface area contributed by atoms with Crippen molar-refractivity contribution in [3.8, 4) is 17.0 Å². The van der Waals surface area contributed by atoms with Gasteiger partial charge >= 0.3 is 0 Å². The van der Waals surface area contributed by atoms with Crippen molar-refractivity contribution in [1.82, 2.24) is 19.1 Å². The molecule has 2 amide bonds. The topological polar surface area (TPSA) is 110 Å². The SMILES string of the molecule is COCCS(=O)(=O)NC(=O)c1ccc2c(C3CCCCC3)c3n(c2c1)C[C@@]1(C(=O)N2C4CCC2CN(C)C4)C[C@H]1c1cc(OC)ccc1-3.S. The zero-order chi connectivity index (χ0) is 33.4. The second-order valence-electron chi connectivity index (χ2n) is 14.8. The van der Waals surface area contributed by atoms with Gasteiger partial charge < -0.3 is 23.8 Å². The highest BCUT2D eigenvalue weighted by atomic mass is 32.2. The Kier molecular flexibility index (Phi) is 9.07. The number of aromatic nitrogens is 1. The molecule has 2 bridgehead atoms. The zero-order valence-electron chi connectivity index (χ0n) is 28.7. The van der Waals surface area contributed by atoms with Crippen LogP contribution in [0.4, 0.5) is 0 Å². The Morgan fingerprint density at radius 2 is 1.71 bits per heavy atom. The summed E-state index contributed by atoms with van der Waals surface area (Å²) in [6, 6.07) is 12.4. The minimum absolute atomic E-state index is 0. The number of likely N-dealkylation sites (tertiary alicyclic amines) is 1. The van der Waals surface area contributed by atoms with Crippen LogP contribution >= 0.6 is 13.5 Å². The molecule has 49 heavy (non-hydrogen) atoms. The first-order chi connectivity index (χ1) is 23.1. The van der Waals surface area contributed by atoms with E-state index < -0.39 is 21.3 Å². The lowest BCUT2D eigenvalue weighted by Gasteiger charge is -2.41. The molecule has 2 aliphatic carbocycles. The molecule has 264 valence electrons. The lowest BCUT2D eigenvalue weighted by molar-refractivity contribution is -0.143. The maximum absolute atomic E-state index is 15.0. The van der Waals surface area contributed by atoms with Crippen molar-refractivity contribution in [2.45, 2.75) is 81.8 Å². The number of methoxy groups -OCH3 is 2. The molecule has 1 N–H and O–H groups in total. The molecule has 0 radical (unpaired) electrons. The number of piperazine rings is 1. The monoisotopic (exact) mass is 708 g/mol. The Hall–Kier alpha value is -3.06. The maximum atomic E-state index is 15.0. The number of nitrogens with zero attached hydrogens (tertiary/aromatic N) is 3. The molecule has 4 fully saturated rings. The Balaban J connectivity index is 0.00000378. The fourth-order valence-corrected chi connectivity index (χ4v) is 10.5. The van der Waals surface area contributed by atoms with E-state index in [1.807, 2.05) is 18.2 Å². The van der Waals surface area contributed by atoms with Gasteiger partial charge in [-0.2, -0.15) is 13.5 Å². The van der Waals surface area contributed by atoms with E-state index >= 15 is 0 Å². The van der Waals surface area contributed by atoms with Crippen LogP contribution in [0.5, 0.6) is 5.75 Å². The normalized spacial score (nSPS) is 26.3. The van der Waals surface area contributed by atoms with Gasteiger partial charge in [-0.15, -0.1) is 0 Å². The average molecular weight is 709 g/mol. The molecule has 2 saturated heterocycles. The number of ether oxygens (including phenoxy) is 2. The van der Waals surface area contributed by atoms with Crippen LogP contribution in [0.1, 0.15) is 84.7 Å². The minimum atomic E-state index is -3.87. The Labute approximate surface area is 296 Å². The van der Waals surface area contributed by atoms with Gasteiger partial charge in [0.05, 0.1) is 30.6 Å². The van der Waals surface area contributed by atoms with Crippen LogP contribution in [0, 0.1) is 5.41 Å². The molecule has 0 spiro atoms. The number of hydrogen-bond acceptors (Lipinski definition) is 7. The van der Waals surface area contributed by atoms with Gasteiger partial charge in [0.1, 0.15) is 5.75 Å². The smallest absolute Gasteiger partial charge is 0.264 e. The van der Waals surface area contributed by atoms with Crippen LogP contribution in [-0.4, -0.2) is 93.4 Å². The van der Waals surface area contributed by atoms with Crippen molar-refractivity contribution in [3.05, 3.63) is 53.1 Å². The number of fused-ring (bicyclic) bond motifs is 9.